The molecule has 3 saturated carbocycles. The van der Waals surface area contributed by atoms with Crippen LogP contribution in [-0.4, -0.2) is 36.6 Å². The number of hydrogen-bond acceptors (Lipinski definition) is 7. The number of methoxy groups -OCH3 is 2. The van der Waals surface area contributed by atoms with Gasteiger partial charge in [0.2, 0.25) is 5.88 Å². The minimum absolute atomic E-state index is 0.0629. The lowest BCUT2D eigenvalue weighted by Gasteiger charge is -2.68. The van der Waals surface area contributed by atoms with Crippen LogP contribution in [0.2, 0.25) is 0 Å². The van der Waals surface area contributed by atoms with Crippen molar-refractivity contribution >= 4 is 11.9 Å². The third-order valence-corrected chi connectivity index (χ3v) is 5.95. The average Bonchev–Trinajstić information content (AvgIpc) is 2.74. The van der Waals surface area contributed by atoms with Crippen LogP contribution in [0, 0.1) is 16.7 Å². The molecule has 1 aromatic heterocycles. The molecular formula is C22H18F3N3O5. The van der Waals surface area contributed by atoms with Crippen molar-refractivity contribution in [1.82, 2.24) is 10.3 Å². The standard InChI is InChI=1S/C22H18F3N3O5/c1-31-16-5-12(7-26)3-4-15(16)33-18-14(6-13(8-27-18)22(23,24)25)17(29)28-21-9-20(10-21,11-21)19(30)32-2/h3-6,8H,9-11H2,1-2H3,(H,28,29). The molecule has 1 amide bonds. The van der Waals surface area contributed by atoms with Gasteiger partial charge in [0.25, 0.3) is 5.91 Å². The first kappa shape index (κ1) is 22.4. The van der Waals surface area contributed by atoms with Crippen LogP contribution in [0.4, 0.5) is 13.2 Å². The SMILES string of the molecule is COC(=O)C12CC(NC(=O)c3cc(C(F)(F)F)cnc3Oc3ccc(C#N)cc3OC)(C1)C2. The number of benzene rings is 1. The number of carbonyl (C=O) groups is 2. The van der Waals surface area contributed by atoms with Crippen molar-refractivity contribution in [2.24, 2.45) is 5.41 Å². The Morgan fingerprint density at radius 2 is 1.85 bits per heavy atom. The molecule has 172 valence electrons. The molecule has 3 aliphatic rings. The number of amides is 1. The summed E-state index contributed by atoms with van der Waals surface area (Å²) in [6.07, 6.45) is -3.10. The Kier molecular flexibility index (Phi) is 5.19. The van der Waals surface area contributed by atoms with Crippen LogP contribution >= 0.6 is 0 Å². The Balaban J connectivity index is 1.62. The van der Waals surface area contributed by atoms with E-state index in [2.05, 4.69) is 10.3 Å². The Bertz CT molecular complexity index is 1170. The van der Waals surface area contributed by atoms with E-state index in [1.807, 2.05) is 6.07 Å². The van der Waals surface area contributed by atoms with Crippen molar-refractivity contribution < 1.29 is 37.0 Å². The Labute approximate surface area is 186 Å². The Morgan fingerprint density at radius 1 is 1.15 bits per heavy atom. The highest BCUT2D eigenvalue weighted by Gasteiger charge is 2.73. The maximum Gasteiger partial charge on any atom is 0.417 e. The van der Waals surface area contributed by atoms with Gasteiger partial charge < -0.3 is 19.5 Å². The monoisotopic (exact) mass is 461 g/mol. The normalized spacial score (nSPS) is 22.8. The lowest BCUT2D eigenvalue weighted by Crippen LogP contribution is -2.77. The number of rotatable bonds is 6. The molecule has 0 atom stereocenters. The number of nitriles is 1. The van der Waals surface area contributed by atoms with Gasteiger partial charge in [-0.25, -0.2) is 4.98 Å². The number of aromatic nitrogens is 1. The van der Waals surface area contributed by atoms with Gasteiger partial charge >= 0.3 is 12.1 Å². The van der Waals surface area contributed by atoms with E-state index >= 15 is 0 Å². The summed E-state index contributed by atoms with van der Waals surface area (Å²) >= 11 is 0. The number of hydrogen-bond donors (Lipinski definition) is 1. The van der Waals surface area contributed by atoms with E-state index in [1.54, 1.807) is 0 Å². The van der Waals surface area contributed by atoms with Crippen molar-refractivity contribution in [3.63, 3.8) is 0 Å². The maximum absolute atomic E-state index is 13.3. The predicted molar refractivity (Wildman–Crippen MR) is 106 cm³/mol. The fourth-order valence-electron chi connectivity index (χ4n) is 4.44. The number of halogens is 3. The second-order valence-electron chi connectivity index (χ2n) is 8.19. The molecule has 3 fully saturated rings. The smallest absolute Gasteiger partial charge is 0.417 e. The molecule has 11 heteroatoms. The van der Waals surface area contributed by atoms with Gasteiger partial charge in [0.1, 0.15) is 5.56 Å². The van der Waals surface area contributed by atoms with E-state index in [9.17, 15) is 22.8 Å². The third kappa shape index (κ3) is 3.82. The summed E-state index contributed by atoms with van der Waals surface area (Å²) in [6, 6.07) is 6.79. The van der Waals surface area contributed by atoms with Crippen molar-refractivity contribution in [3.8, 4) is 23.4 Å². The molecule has 0 saturated heterocycles. The van der Waals surface area contributed by atoms with Gasteiger partial charge in [-0.15, -0.1) is 0 Å². The molecule has 2 bridgehead atoms. The lowest BCUT2D eigenvalue weighted by atomic mass is 9.39. The molecule has 8 nitrogen and oxygen atoms in total. The van der Waals surface area contributed by atoms with Crippen molar-refractivity contribution in [2.75, 3.05) is 14.2 Å². The molecule has 0 radical (unpaired) electrons. The minimum atomic E-state index is -4.72. The van der Waals surface area contributed by atoms with Gasteiger partial charge in [-0.2, -0.15) is 18.4 Å². The van der Waals surface area contributed by atoms with Gasteiger partial charge in [0, 0.05) is 17.8 Å². The van der Waals surface area contributed by atoms with Crippen LogP contribution in [0.15, 0.2) is 30.5 Å². The van der Waals surface area contributed by atoms with Crippen LogP contribution in [0.25, 0.3) is 0 Å². The highest BCUT2D eigenvalue weighted by molar-refractivity contribution is 5.98. The fraction of sp³-hybridized carbons (Fsp3) is 0.364. The topological polar surface area (TPSA) is 111 Å². The molecule has 1 heterocycles. The summed E-state index contributed by atoms with van der Waals surface area (Å²) < 4.78 is 55.4. The second-order valence-corrected chi connectivity index (χ2v) is 8.19. The third-order valence-electron chi connectivity index (χ3n) is 5.95. The number of nitrogens with one attached hydrogen (secondary N) is 1. The minimum Gasteiger partial charge on any atom is -0.493 e. The molecule has 33 heavy (non-hydrogen) atoms. The van der Waals surface area contributed by atoms with Crippen molar-refractivity contribution in [1.29, 1.82) is 5.26 Å². The van der Waals surface area contributed by atoms with Gasteiger partial charge in [-0.1, -0.05) is 0 Å². The molecule has 0 spiro atoms. The van der Waals surface area contributed by atoms with E-state index in [1.165, 1.54) is 32.4 Å². The summed E-state index contributed by atoms with van der Waals surface area (Å²) in [4.78, 5) is 28.5. The largest absolute Gasteiger partial charge is 0.493 e. The highest BCUT2D eigenvalue weighted by Crippen LogP contribution is 2.67. The average molecular weight is 461 g/mol. The lowest BCUT2D eigenvalue weighted by molar-refractivity contribution is -0.199. The number of ether oxygens (including phenoxy) is 3. The number of carbonyl (C=O) groups excluding carboxylic acids is 2. The molecule has 0 unspecified atom stereocenters. The van der Waals surface area contributed by atoms with Crippen LogP contribution in [0.5, 0.6) is 17.4 Å². The number of pyridine rings is 1. The summed E-state index contributed by atoms with van der Waals surface area (Å²) in [5.41, 5.74) is -2.57. The van der Waals surface area contributed by atoms with Crippen LogP contribution < -0.4 is 14.8 Å². The summed E-state index contributed by atoms with van der Waals surface area (Å²) in [6.45, 7) is 0. The maximum atomic E-state index is 13.3. The molecule has 5 rings (SSSR count). The number of alkyl halides is 3. The Hall–Kier alpha value is -3.81. The van der Waals surface area contributed by atoms with Crippen LogP contribution in [0.3, 0.4) is 0 Å². The van der Waals surface area contributed by atoms with Crippen LogP contribution in [0.1, 0.15) is 40.7 Å². The molecule has 3 aliphatic carbocycles. The second kappa shape index (κ2) is 7.65. The number of esters is 1. The van der Waals surface area contributed by atoms with E-state index < -0.39 is 34.2 Å². The van der Waals surface area contributed by atoms with E-state index in [0.717, 1.165) is 0 Å². The summed E-state index contributed by atoms with van der Waals surface area (Å²) in [5, 5.41) is 11.7. The first-order chi connectivity index (χ1) is 15.5. The first-order valence-corrected chi connectivity index (χ1v) is 9.79. The highest BCUT2D eigenvalue weighted by atomic mass is 19.4. The zero-order valence-corrected chi connectivity index (χ0v) is 17.6. The molecule has 1 aromatic carbocycles. The fourth-order valence-corrected chi connectivity index (χ4v) is 4.44. The van der Waals surface area contributed by atoms with Gasteiger partial charge in [0.05, 0.1) is 36.8 Å². The quantitative estimate of drug-likeness (QED) is 0.655. The first-order valence-electron chi connectivity index (χ1n) is 9.79. The van der Waals surface area contributed by atoms with E-state index in [4.69, 9.17) is 19.5 Å². The summed E-state index contributed by atoms with van der Waals surface area (Å²) in [7, 11) is 2.61. The van der Waals surface area contributed by atoms with Gasteiger partial charge in [0.15, 0.2) is 11.5 Å². The van der Waals surface area contributed by atoms with Crippen LogP contribution in [-0.2, 0) is 15.7 Å². The molecule has 1 N–H and O–H groups in total. The zero-order valence-electron chi connectivity index (χ0n) is 17.6. The zero-order chi connectivity index (χ0) is 24.0. The van der Waals surface area contributed by atoms with Crippen molar-refractivity contribution in [2.45, 2.75) is 31.0 Å². The number of nitrogens with zero attached hydrogens (tertiary/aromatic N) is 2. The molecular weight excluding hydrogens is 443 g/mol. The Morgan fingerprint density at radius 3 is 2.42 bits per heavy atom. The van der Waals surface area contributed by atoms with Gasteiger partial charge in [-0.3, -0.25) is 9.59 Å². The van der Waals surface area contributed by atoms with E-state index in [-0.39, 0.29) is 28.9 Å². The van der Waals surface area contributed by atoms with Crippen molar-refractivity contribution in [3.05, 3.63) is 47.2 Å². The van der Waals surface area contributed by atoms with E-state index in [0.29, 0.717) is 31.5 Å². The molecule has 0 aliphatic heterocycles. The van der Waals surface area contributed by atoms with Gasteiger partial charge in [-0.05, 0) is 37.5 Å². The molecule has 2 aromatic rings. The summed E-state index contributed by atoms with van der Waals surface area (Å²) in [5.74, 6) is -1.34. The predicted octanol–water partition coefficient (Wildman–Crippen LogP) is 3.60.